The van der Waals surface area contributed by atoms with Gasteiger partial charge in [0.2, 0.25) is 0 Å². The molecule has 0 atom stereocenters. The molecule has 0 saturated carbocycles. The van der Waals surface area contributed by atoms with Gasteiger partial charge in [-0.2, -0.15) is 0 Å². The van der Waals surface area contributed by atoms with Crippen LogP contribution in [0.25, 0.3) is 5.69 Å². The van der Waals surface area contributed by atoms with Crippen LogP contribution >= 0.6 is 35.0 Å². The van der Waals surface area contributed by atoms with Gasteiger partial charge in [-0.25, -0.2) is 0 Å². The minimum absolute atomic E-state index is 0.151. The maximum atomic E-state index is 12.7. The van der Waals surface area contributed by atoms with E-state index in [0.29, 0.717) is 43.8 Å². The smallest absolute Gasteiger partial charge is 0.251 e. The minimum atomic E-state index is -0.251. The van der Waals surface area contributed by atoms with E-state index in [2.05, 4.69) is 27.6 Å². The van der Waals surface area contributed by atoms with Gasteiger partial charge in [-0.3, -0.25) is 9.36 Å². The molecule has 0 saturated heterocycles. The second-order valence-corrected chi connectivity index (χ2v) is 8.80. The number of hydrogen-bond donors (Lipinski definition) is 1. The van der Waals surface area contributed by atoms with Crippen LogP contribution in [0.5, 0.6) is 5.75 Å². The van der Waals surface area contributed by atoms with Gasteiger partial charge in [-0.15, -0.1) is 10.2 Å². The molecule has 0 aliphatic rings. The summed E-state index contributed by atoms with van der Waals surface area (Å²) in [5, 5.41) is 13.3. The number of carbonyl (C=O) groups excluding carboxylic acids is 1. The number of nitrogens with one attached hydrogen (secondary N) is 1. The number of thioether (sulfide) groups is 1. The molecule has 9 heteroatoms. The zero-order valence-electron chi connectivity index (χ0n) is 17.7. The van der Waals surface area contributed by atoms with Gasteiger partial charge in [0.25, 0.3) is 5.91 Å². The van der Waals surface area contributed by atoms with Crippen LogP contribution in [-0.2, 0) is 12.3 Å². The van der Waals surface area contributed by atoms with Gasteiger partial charge < -0.3 is 10.1 Å². The molecule has 6 nitrogen and oxygen atoms in total. The Balaban J connectivity index is 1.61. The van der Waals surface area contributed by atoms with E-state index < -0.39 is 0 Å². The van der Waals surface area contributed by atoms with Crippen molar-refractivity contribution in [2.45, 2.75) is 17.5 Å². The summed E-state index contributed by atoms with van der Waals surface area (Å²) in [7, 11) is 1.56. The Labute approximate surface area is 205 Å². The molecular weight excluding hydrogens is 479 g/mol. The molecule has 0 bridgehead atoms. The van der Waals surface area contributed by atoms with E-state index in [1.807, 2.05) is 22.8 Å². The molecule has 0 radical (unpaired) electrons. The number of aromatic nitrogens is 3. The Hall–Kier alpha value is -3.00. The zero-order chi connectivity index (χ0) is 23.2. The predicted octanol–water partition coefficient (Wildman–Crippen LogP) is 5.81. The third-order valence-electron chi connectivity index (χ3n) is 4.80. The van der Waals surface area contributed by atoms with Crippen molar-refractivity contribution < 1.29 is 9.53 Å². The quantitative estimate of drug-likeness (QED) is 0.310. The second kappa shape index (κ2) is 10.7. The molecule has 0 unspecified atom stereocenters. The van der Waals surface area contributed by atoms with Gasteiger partial charge in [0.15, 0.2) is 11.0 Å². The summed E-state index contributed by atoms with van der Waals surface area (Å²) in [4.78, 5) is 12.7. The number of methoxy groups -OCH3 is 1. The topological polar surface area (TPSA) is 69.0 Å². The van der Waals surface area contributed by atoms with E-state index in [9.17, 15) is 4.79 Å². The lowest BCUT2D eigenvalue weighted by molar-refractivity contribution is 0.0949. The van der Waals surface area contributed by atoms with Gasteiger partial charge in [0.05, 0.1) is 24.4 Å². The van der Waals surface area contributed by atoms with Crippen LogP contribution in [0, 0.1) is 0 Å². The molecule has 0 aliphatic heterocycles. The van der Waals surface area contributed by atoms with E-state index >= 15 is 0 Å². The number of amides is 1. The second-order valence-electron chi connectivity index (χ2n) is 7.02. The largest absolute Gasteiger partial charge is 0.497 e. The van der Waals surface area contributed by atoms with Crippen molar-refractivity contribution in [2.75, 3.05) is 7.11 Å². The van der Waals surface area contributed by atoms with Crippen LogP contribution in [0.1, 0.15) is 21.7 Å². The SMILES string of the molecule is COc1cccc(C(=O)NCc2nnc(SCc3ccccc3)n2-c2cc(Cl)ccc2Cl)c1. The summed E-state index contributed by atoms with van der Waals surface area (Å²) in [6.45, 7) is 0.151. The molecule has 0 fully saturated rings. The van der Waals surface area contributed by atoms with E-state index in [-0.39, 0.29) is 12.5 Å². The first kappa shape index (κ1) is 23.2. The molecule has 1 amide bonds. The molecule has 3 aromatic carbocycles. The van der Waals surface area contributed by atoms with E-state index in [1.165, 1.54) is 11.8 Å². The summed E-state index contributed by atoms with van der Waals surface area (Å²) in [6, 6.07) is 22.2. The number of benzene rings is 3. The van der Waals surface area contributed by atoms with E-state index in [0.717, 1.165) is 5.56 Å². The number of ether oxygens (including phenoxy) is 1. The monoisotopic (exact) mass is 498 g/mol. The maximum absolute atomic E-state index is 12.7. The van der Waals surface area contributed by atoms with Gasteiger partial charge in [-0.1, -0.05) is 71.4 Å². The number of rotatable bonds is 8. The number of nitrogens with zero attached hydrogens (tertiary/aromatic N) is 3. The Morgan fingerprint density at radius 2 is 1.85 bits per heavy atom. The van der Waals surface area contributed by atoms with Crippen LogP contribution in [0.4, 0.5) is 0 Å². The number of carbonyl (C=O) groups is 1. The van der Waals surface area contributed by atoms with Crippen LogP contribution in [-0.4, -0.2) is 27.8 Å². The fourth-order valence-electron chi connectivity index (χ4n) is 3.16. The van der Waals surface area contributed by atoms with Crippen molar-refractivity contribution >= 4 is 40.9 Å². The highest BCUT2D eigenvalue weighted by atomic mass is 35.5. The first-order chi connectivity index (χ1) is 16.0. The Morgan fingerprint density at radius 1 is 1.03 bits per heavy atom. The van der Waals surface area contributed by atoms with Crippen LogP contribution < -0.4 is 10.1 Å². The van der Waals surface area contributed by atoms with Crippen LogP contribution in [0.15, 0.2) is 78.0 Å². The predicted molar refractivity (Wildman–Crippen MR) is 132 cm³/mol. The Morgan fingerprint density at radius 3 is 2.64 bits per heavy atom. The summed E-state index contributed by atoms with van der Waals surface area (Å²) >= 11 is 14.3. The first-order valence-electron chi connectivity index (χ1n) is 10.0. The first-order valence-corrected chi connectivity index (χ1v) is 11.8. The summed E-state index contributed by atoms with van der Waals surface area (Å²) in [5.74, 6) is 1.59. The molecule has 0 aliphatic carbocycles. The van der Waals surface area contributed by atoms with Crippen molar-refractivity contribution in [3.8, 4) is 11.4 Å². The molecule has 4 aromatic rings. The van der Waals surface area contributed by atoms with Gasteiger partial charge in [0.1, 0.15) is 5.75 Å². The van der Waals surface area contributed by atoms with Crippen molar-refractivity contribution in [3.63, 3.8) is 0 Å². The Kier molecular flexibility index (Phi) is 7.54. The van der Waals surface area contributed by atoms with Gasteiger partial charge in [-0.05, 0) is 42.0 Å². The number of hydrogen-bond acceptors (Lipinski definition) is 5. The molecule has 4 rings (SSSR count). The third-order valence-corrected chi connectivity index (χ3v) is 6.35. The normalized spacial score (nSPS) is 10.8. The van der Waals surface area contributed by atoms with Gasteiger partial charge >= 0.3 is 0 Å². The van der Waals surface area contributed by atoms with Crippen molar-refractivity contribution in [1.82, 2.24) is 20.1 Å². The molecule has 1 N–H and O–H groups in total. The minimum Gasteiger partial charge on any atom is -0.497 e. The number of halogens is 2. The lowest BCUT2D eigenvalue weighted by Crippen LogP contribution is -2.24. The van der Waals surface area contributed by atoms with E-state index in [4.69, 9.17) is 27.9 Å². The zero-order valence-corrected chi connectivity index (χ0v) is 20.0. The summed E-state index contributed by atoms with van der Waals surface area (Å²) < 4.78 is 7.03. The van der Waals surface area contributed by atoms with Crippen molar-refractivity contribution in [1.29, 1.82) is 0 Å². The maximum Gasteiger partial charge on any atom is 0.251 e. The molecule has 1 heterocycles. The van der Waals surface area contributed by atoms with E-state index in [1.54, 1.807) is 49.6 Å². The molecule has 0 spiro atoms. The lowest BCUT2D eigenvalue weighted by atomic mass is 10.2. The lowest BCUT2D eigenvalue weighted by Gasteiger charge is -2.13. The fraction of sp³-hybridized carbons (Fsp3) is 0.125. The summed E-state index contributed by atoms with van der Waals surface area (Å²) in [5.41, 5.74) is 2.29. The highest BCUT2D eigenvalue weighted by Crippen LogP contribution is 2.31. The molecule has 1 aromatic heterocycles. The highest BCUT2D eigenvalue weighted by molar-refractivity contribution is 7.98. The van der Waals surface area contributed by atoms with Crippen LogP contribution in [0.3, 0.4) is 0 Å². The van der Waals surface area contributed by atoms with Crippen LogP contribution in [0.2, 0.25) is 10.0 Å². The molecule has 168 valence electrons. The van der Waals surface area contributed by atoms with Crippen molar-refractivity contribution in [2.24, 2.45) is 0 Å². The third kappa shape index (κ3) is 5.68. The standard InChI is InChI=1S/C24H20Cl2N4O2S/c1-32-19-9-5-8-17(12-19)23(31)27-14-22-28-29-24(33-15-16-6-3-2-4-7-16)30(22)21-13-18(25)10-11-20(21)26/h2-13H,14-15H2,1H3,(H,27,31). The molecular formula is C24H20Cl2N4O2S. The molecule has 33 heavy (non-hydrogen) atoms. The average Bonchev–Trinajstić information content (AvgIpc) is 3.25. The van der Waals surface area contributed by atoms with Gasteiger partial charge in [0, 0.05) is 16.3 Å². The fourth-order valence-corrected chi connectivity index (χ4v) is 4.44. The highest BCUT2D eigenvalue weighted by Gasteiger charge is 2.18. The Bertz CT molecular complexity index is 1260. The average molecular weight is 499 g/mol. The van der Waals surface area contributed by atoms with Crippen molar-refractivity contribution in [3.05, 3.63) is 99.8 Å². The summed E-state index contributed by atoms with van der Waals surface area (Å²) in [6.07, 6.45) is 0.